The van der Waals surface area contributed by atoms with Crippen LogP contribution in [0.5, 0.6) is 0 Å². The smallest absolute Gasteiger partial charge is 0.178 e. The van der Waals surface area contributed by atoms with Crippen LogP contribution in [-0.4, -0.2) is 14.5 Å². The van der Waals surface area contributed by atoms with Crippen molar-refractivity contribution in [1.82, 2.24) is 14.5 Å². The van der Waals surface area contributed by atoms with Gasteiger partial charge in [0.05, 0.1) is 11.1 Å². The molecule has 0 atom stereocenters. The Balaban J connectivity index is 2.13. The maximum Gasteiger partial charge on any atom is 0.178 e. The first-order chi connectivity index (χ1) is 10.6. The van der Waals surface area contributed by atoms with Crippen LogP contribution in [0.1, 0.15) is 22.5 Å². The molecule has 0 aliphatic carbocycles. The van der Waals surface area contributed by atoms with E-state index in [1.165, 1.54) is 11.1 Å². The van der Waals surface area contributed by atoms with Crippen molar-refractivity contribution in [2.45, 2.75) is 13.8 Å². The molecule has 0 aliphatic heterocycles. The third-order valence-corrected chi connectivity index (χ3v) is 3.86. The highest BCUT2D eigenvalue weighted by Gasteiger charge is 2.12. The molecule has 0 aliphatic rings. The number of hydrogen-bond donors (Lipinski definition) is 0. The summed E-state index contributed by atoms with van der Waals surface area (Å²) in [4.78, 5) is 8.72. The van der Waals surface area contributed by atoms with Gasteiger partial charge in [-0.2, -0.15) is 5.26 Å². The summed E-state index contributed by atoms with van der Waals surface area (Å²) >= 11 is 0. The Kier molecular flexibility index (Phi) is 3.48. The molecule has 2 heterocycles. The second-order valence-corrected chi connectivity index (χ2v) is 5.35. The fourth-order valence-corrected chi connectivity index (χ4v) is 2.43. The van der Waals surface area contributed by atoms with Gasteiger partial charge in [0.1, 0.15) is 6.07 Å². The van der Waals surface area contributed by atoms with Crippen molar-refractivity contribution in [3.05, 3.63) is 59.0 Å². The van der Waals surface area contributed by atoms with Gasteiger partial charge >= 0.3 is 0 Å². The highest BCUT2D eigenvalue weighted by Crippen LogP contribution is 2.21. The Morgan fingerprint density at radius 1 is 1.23 bits per heavy atom. The van der Waals surface area contributed by atoms with Crippen LogP contribution < -0.4 is 0 Å². The standard InChI is InChI=1S/C18H16N4/c1-12-6-7-14(9-13(12)2)10-15(11-19)18-21-17-16(22(18)3)5-4-8-20-17/h4-10H,1-3H3/b15-10-. The fourth-order valence-electron chi connectivity index (χ4n) is 2.43. The quantitative estimate of drug-likeness (QED) is 0.676. The molecule has 3 aromatic rings. The van der Waals surface area contributed by atoms with Crippen molar-refractivity contribution in [2.24, 2.45) is 7.05 Å². The number of rotatable bonds is 2. The fraction of sp³-hybridized carbons (Fsp3) is 0.167. The molecule has 2 aromatic heterocycles. The maximum atomic E-state index is 9.52. The summed E-state index contributed by atoms with van der Waals surface area (Å²) in [6, 6.07) is 12.2. The van der Waals surface area contributed by atoms with E-state index in [1.807, 2.05) is 35.9 Å². The van der Waals surface area contributed by atoms with Gasteiger partial charge in [0.2, 0.25) is 0 Å². The van der Waals surface area contributed by atoms with Gasteiger partial charge in [0.15, 0.2) is 11.5 Å². The molecule has 0 spiro atoms. The lowest BCUT2D eigenvalue weighted by atomic mass is 10.0. The van der Waals surface area contributed by atoms with E-state index in [4.69, 9.17) is 0 Å². The van der Waals surface area contributed by atoms with Crippen molar-refractivity contribution in [1.29, 1.82) is 5.26 Å². The van der Waals surface area contributed by atoms with Crippen molar-refractivity contribution < 1.29 is 0 Å². The molecule has 0 radical (unpaired) electrons. The maximum absolute atomic E-state index is 9.52. The van der Waals surface area contributed by atoms with Gasteiger partial charge in [-0.25, -0.2) is 9.97 Å². The van der Waals surface area contributed by atoms with Crippen LogP contribution in [0.2, 0.25) is 0 Å². The number of fused-ring (bicyclic) bond motifs is 1. The number of allylic oxidation sites excluding steroid dienone is 1. The van der Waals surface area contributed by atoms with Crippen molar-refractivity contribution in [3.8, 4) is 6.07 Å². The molecule has 0 fully saturated rings. The minimum atomic E-state index is 0.531. The Morgan fingerprint density at radius 2 is 2.05 bits per heavy atom. The molecule has 0 unspecified atom stereocenters. The zero-order valence-electron chi connectivity index (χ0n) is 12.8. The largest absolute Gasteiger partial charge is 0.325 e. The molecule has 4 nitrogen and oxygen atoms in total. The monoisotopic (exact) mass is 288 g/mol. The second kappa shape index (κ2) is 5.45. The predicted molar refractivity (Wildman–Crippen MR) is 87.9 cm³/mol. The summed E-state index contributed by atoms with van der Waals surface area (Å²) in [7, 11) is 1.90. The molecular formula is C18H16N4. The van der Waals surface area contributed by atoms with Crippen molar-refractivity contribution in [2.75, 3.05) is 0 Å². The number of hydrogen-bond acceptors (Lipinski definition) is 3. The van der Waals surface area contributed by atoms with Gasteiger partial charge in [-0.3, -0.25) is 0 Å². The molecule has 4 heteroatoms. The Morgan fingerprint density at radius 3 is 2.73 bits per heavy atom. The predicted octanol–water partition coefficient (Wildman–Crippen LogP) is 3.65. The molecule has 1 aromatic carbocycles. The van der Waals surface area contributed by atoms with Gasteiger partial charge < -0.3 is 4.57 Å². The summed E-state index contributed by atoms with van der Waals surface area (Å²) in [5.41, 5.74) is 5.55. The third kappa shape index (κ3) is 2.38. The highest BCUT2D eigenvalue weighted by molar-refractivity contribution is 5.90. The van der Waals surface area contributed by atoms with Gasteiger partial charge in [-0.15, -0.1) is 0 Å². The summed E-state index contributed by atoms with van der Waals surface area (Å²) in [5.74, 6) is 0.634. The number of nitrogens with zero attached hydrogens (tertiary/aromatic N) is 4. The summed E-state index contributed by atoms with van der Waals surface area (Å²) in [5, 5.41) is 9.52. The third-order valence-electron chi connectivity index (χ3n) is 3.86. The molecular weight excluding hydrogens is 272 g/mol. The zero-order chi connectivity index (χ0) is 15.7. The second-order valence-electron chi connectivity index (χ2n) is 5.35. The number of nitriles is 1. The Bertz CT molecular complexity index is 926. The van der Waals surface area contributed by atoms with Crippen molar-refractivity contribution >= 4 is 22.8 Å². The Hall–Kier alpha value is -2.93. The van der Waals surface area contributed by atoms with Crippen LogP contribution in [0.3, 0.4) is 0 Å². The number of aryl methyl sites for hydroxylation is 3. The van der Waals surface area contributed by atoms with Gasteiger partial charge in [-0.05, 0) is 48.7 Å². The first-order valence-electron chi connectivity index (χ1n) is 7.07. The van der Waals surface area contributed by atoms with E-state index in [0.29, 0.717) is 17.0 Å². The molecule has 22 heavy (non-hydrogen) atoms. The SMILES string of the molecule is Cc1ccc(/C=C(/C#N)c2nc3ncccc3n2C)cc1C. The molecule has 3 rings (SSSR count). The number of benzene rings is 1. The van der Waals surface area contributed by atoms with Crippen LogP contribution in [0.4, 0.5) is 0 Å². The molecule has 108 valence electrons. The molecule has 0 N–H and O–H groups in total. The van der Waals surface area contributed by atoms with E-state index in [2.05, 4.69) is 42.0 Å². The highest BCUT2D eigenvalue weighted by atomic mass is 15.1. The summed E-state index contributed by atoms with van der Waals surface area (Å²) in [6.45, 7) is 4.14. The topological polar surface area (TPSA) is 54.5 Å². The molecule has 0 saturated heterocycles. The first-order valence-corrected chi connectivity index (χ1v) is 7.07. The first kappa shape index (κ1) is 14.0. The van der Waals surface area contributed by atoms with Crippen molar-refractivity contribution in [3.63, 3.8) is 0 Å². The van der Waals surface area contributed by atoms with Crippen LogP contribution in [-0.2, 0) is 7.05 Å². The Labute approximate surface area is 129 Å². The van der Waals surface area contributed by atoms with Crippen LogP contribution >= 0.6 is 0 Å². The minimum absolute atomic E-state index is 0.531. The number of imidazole rings is 1. The average molecular weight is 288 g/mol. The van der Waals surface area contributed by atoms with E-state index in [0.717, 1.165) is 11.1 Å². The number of pyridine rings is 1. The molecule has 0 saturated carbocycles. The van der Waals surface area contributed by atoms with Gasteiger partial charge in [0, 0.05) is 13.2 Å². The summed E-state index contributed by atoms with van der Waals surface area (Å²) in [6.07, 6.45) is 3.58. The zero-order valence-corrected chi connectivity index (χ0v) is 12.8. The van der Waals surface area contributed by atoms with E-state index >= 15 is 0 Å². The van der Waals surface area contributed by atoms with E-state index in [-0.39, 0.29) is 0 Å². The van der Waals surface area contributed by atoms with Gasteiger partial charge in [-0.1, -0.05) is 18.2 Å². The van der Waals surface area contributed by atoms with E-state index in [1.54, 1.807) is 6.20 Å². The van der Waals surface area contributed by atoms with E-state index in [9.17, 15) is 5.26 Å². The van der Waals surface area contributed by atoms with Crippen LogP contribution in [0, 0.1) is 25.2 Å². The lowest BCUT2D eigenvalue weighted by molar-refractivity contribution is 0.925. The molecule has 0 amide bonds. The molecule has 0 bridgehead atoms. The average Bonchev–Trinajstić information content (AvgIpc) is 2.86. The normalized spacial score (nSPS) is 11.6. The number of aromatic nitrogens is 3. The lowest BCUT2D eigenvalue weighted by Gasteiger charge is -2.03. The van der Waals surface area contributed by atoms with E-state index < -0.39 is 0 Å². The van der Waals surface area contributed by atoms with Gasteiger partial charge in [0.25, 0.3) is 0 Å². The van der Waals surface area contributed by atoms with Crippen LogP contribution in [0.25, 0.3) is 22.8 Å². The minimum Gasteiger partial charge on any atom is -0.325 e. The lowest BCUT2D eigenvalue weighted by Crippen LogP contribution is -1.96. The van der Waals surface area contributed by atoms with Crippen LogP contribution in [0.15, 0.2) is 36.5 Å². The summed E-state index contributed by atoms with van der Waals surface area (Å²) < 4.78 is 1.90.